The summed E-state index contributed by atoms with van der Waals surface area (Å²) >= 11 is 3.29. The van der Waals surface area contributed by atoms with Crippen LogP contribution in [0.4, 0.5) is 4.39 Å². The van der Waals surface area contributed by atoms with Gasteiger partial charge in [-0.15, -0.1) is 0 Å². The first-order valence-corrected chi connectivity index (χ1v) is 8.38. The minimum atomic E-state index is -0.646. The Morgan fingerprint density at radius 1 is 1.04 bits per heavy atom. The molecule has 0 unspecified atom stereocenters. The summed E-state index contributed by atoms with van der Waals surface area (Å²) in [6.45, 7) is -0.434. The number of hydrogen-bond acceptors (Lipinski definition) is 4. The summed E-state index contributed by atoms with van der Waals surface area (Å²) in [7, 11) is 0. The summed E-state index contributed by atoms with van der Waals surface area (Å²) in [5, 5.41) is 2.56. The van der Waals surface area contributed by atoms with Gasteiger partial charge in [0, 0.05) is 11.0 Å². The van der Waals surface area contributed by atoms with E-state index in [0.717, 1.165) is 4.47 Å². The highest BCUT2D eigenvalue weighted by Crippen LogP contribution is 2.15. The van der Waals surface area contributed by atoms with Crippen molar-refractivity contribution in [3.05, 3.63) is 64.4 Å². The second-order valence-electron chi connectivity index (χ2n) is 5.09. The molecule has 0 aliphatic carbocycles. The van der Waals surface area contributed by atoms with E-state index in [9.17, 15) is 14.0 Å². The molecule has 0 saturated carbocycles. The summed E-state index contributed by atoms with van der Waals surface area (Å²) < 4.78 is 24.4. The second kappa shape index (κ2) is 9.78. The van der Waals surface area contributed by atoms with Crippen molar-refractivity contribution in [2.75, 3.05) is 19.8 Å². The molecule has 25 heavy (non-hydrogen) atoms. The second-order valence-corrected chi connectivity index (χ2v) is 6.01. The number of carbonyl (C=O) groups excluding carboxylic acids is 2. The molecule has 1 amide bonds. The average molecular weight is 410 g/mol. The Balaban J connectivity index is 1.61. The molecule has 0 atom stereocenters. The first kappa shape index (κ1) is 18.9. The number of esters is 1. The normalized spacial score (nSPS) is 10.2. The number of ether oxygens (including phenoxy) is 2. The molecule has 2 aromatic carbocycles. The Kier molecular flexibility index (Phi) is 7.40. The molecular weight excluding hydrogens is 393 g/mol. The maximum Gasteiger partial charge on any atom is 0.344 e. The Morgan fingerprint density at radius 2 is 1.76 bits per heavy atom. The molecule has 0 bridgehead atoms. The summed E-state index contributed by atoms with van der Waals surface area (Å²) in [6, 6.07) is 13.3. The minimum Gasteiger partial charge on any atom is -0.482 e. The predicted molar refractivity (Wildman–Crippen MR) is 93.7 cm³/mol. The van der Waals surface area contributed by atoms with Crippen LogP contribution in [0.1, 0.15) is 5.56 Å². The maximum absolute atomic E-state index is 13.4. The molecule has 0 radical (unpaired) electrons. The fraction of sp³-hybridized carbons (Fsp3) is 0.222. The van der Waals surface area contributed by atoms with Crippen molar-refractivity contribution >= 4 is 27.8 Å². The largest absolute Gasteiger partial charge is 0.482 e. The minimum absolute atomic E-state index is 0.257. The fourth-order valence-electron chi connectivity index (χ4n) is 1.95. The number of rotatable bonds is 8. The van der Waals surface area contributed by atoms with E-state index in [1.807, 2.05) is 0 Å². The lowest BCUT2D eigenvalue weighted by Gasteiger charge is -2.08. The lowest BCUT2D eigenvalue weighted by Crippen LogP contribution is -2.31. The summed E-state index contributed by atoms with van der Waals surface area (Å²) in [4.78, 5) is 23.1. The Bertz CT molecular complexity index is 721. The van der Waals surface area contributed by atoms with Crippen LogP contribution in [0, 0.1) is 5.82 Å². The van der Waals surface area contributed by atoms with Crippen molar-refractivity contribution in [2.45, 2.75) is 6.42 Å². The van der Waals surface area contributed by atoms with E-state index < -0.39 is 18.5 Å². The zero-order valence-corrected chi connectivity index (χ0v) is 14.9. The van der Waals surface area contributed by atoms with Crippen LogP contribution in [0.2, 0.25) is 0 Å². The monoisotopic (exact) mass is 409 g/mol. The van der Waals surface area contributed by atoms with E-state index in [2.05, 4.69) is 21.2 Å². The Labute approximate surface area is 153 Å². The third kappa shape index (κ3) is 6.93. The van der Waals surface area contributed by atoms with Crippen LogP contribution in [0.3, 0.4) is 0 Å². The Hall–Kier alpha value is -2.41. The predicted octanol–water partition coefficient (Wildman–Crippen LogP) is 2.87. The van der Waals surface area contributed by atoms with Crippen molar-refractivity contribution in [2.24, 2.45) is 0 Å². The van der Waals surface area contributed by atoms with E-state index in [1.54, 1.807) is 42.5 Å². The zero-order valence-electron chi connectivity index (χ0n) is 13.3. The van der Waals surface area contributed by atoms with E-state index >= 15 is 0 Å². The van der Waals surface area contributed by atoms with Crippen LogP contribution in [0.5, 0.6) is 5.75 Å². The first-order valence-electron chi connectivity index (χ1n) is 7.58. The van der Waals surface area contributed by atoms with Crippen LogP contribution in [-0.2, 0) is 20.7 Å². The number of carbonyl (C=O) groups is 2. The van der Waals surface area contributed by atoms with Gasteiger partial charge < -0.3 is 14.8 Å². The molecule has 7 heteroatoms. The lowest BCUT2D eigenvalue weighted by atomic mass is 10.1. The van der Waals surface area contributed by atoms with Crippen molar-refractivity contribution in [1.82, 2.24) is 5.32 Å². The highest BCUT2D eigenvalue weighted by Gasteiger charge is 2.09. The van der Waals surface area contributed by atoms with Crippen LogP contribution in [0.25, 0.3) is 0 Å². The van der Waals surface area contributed by atoms with Gasteiger partial charge in [-0.1, -0.05) is 34.1 Å². The zero-order chi connectivity index (χ0) is 18.1. The molecule has 1 N–H and O–H groups in total. The number of halogens is 2. The molecule has 2 rings (SSSR count). The lowest BCUT2D eigenvalue weighted by molar-refractivity contribution is -0.150. The highest BCUT2D eigenvalue weighted by atomic mass is 79.9. The third-order valence-electron chi connectivity index (χ3n) is 3.21. The number of hydrogen-bond donors (Lipinski definition) is 1. The topological polar surface area (TPSA) is 64.6 Å². The van der Waals surface area contributed by atoms with E-state index in [0.29, 0.717) is 17.7 Å². The molecule has 0 heterocycles. The van der Waals surface area contributed by atoms with Crippen molar-refractivity contribution in [3.8, 4) is 5.75 Å². The van der Waals surface area contributed by atoms with E-state index in [4.69, 9.17) is 9.47 Å². The van der Waals surface area contributed by atoms with Gasteiger partial charge in [0.25, 0.3) is 5.91 Å². The van der Waals surface area contributed by atoms with Crippen LogP contribution in [-0.4, -0.2) is 31.6 Å². The van der Waals surface area contributed by atoms with Gasteiger partial charge in [0.1, 0.15) is 11.6 Å². The number of benzene rings is 2. The molecule has 5 nitrogen and oxygen atoms in total. The molecule has 2 aromatic rings. The molecule has 132 valence electrons. The SMILES string of the molecule is O=C(COC(=O)COc1ccc(Br)cc1)NCCc1ccccc1F. The third-order valence-corrected chi connectivity index (χ3v) is 3.74. The summed E-state index contributed by atoms with van der Waals surface area (Å²) in [5.41, 5.74) is 0.516. The number of nitrogens with one attached hydrogen (secondary N) is 1. The molecule has 0 aliphatic heterocycles. The summed E-state index contributed by atoms with van der Waals surface area (Å²) in [6.07, 6.45) is 0.360. The fourth-order valence-corrected chi connectivity index (χ4v) is 2.21. The van der Waals surface area contributed by atoms with Gasteiger partial charge in [-0.25, -0.2) is 9.18 Å². The first-order chi connectivity index (χ1) is 12.0. The standard InChI is InChI=1S/C18H17BrFNO4/c19-14-5-7-15(8-6-14)24-12-18(23)25-11-17(22)21-10-9-13-3-1-2-4-16(13)20/h1-8H,9-12H2,(H,21,22). The van der Waals surface area contributed by atoms with E-state index in [-0.39, 0.29) is 19.0 Å². The number of amides is 1. The van der Waals surface area contributed by atoms with Crippen LogP contribution in [0.15, 0.2) is 53.0 Å². The maximum atomic E-state index is 13.4. The van der Waals surface area contributed by atoms with Gasteiger partial charge in [-0.05, 0) is 42.3 Å². The average Bonchev–Trinajstić information content (AvgIpc) is 2.61. The van der Waals surface area contributed by atoms with Gasteiger partial charge in [0.15, 0.2) is 13.2 Å². The van der Waals surface area contributed by atoms with Crippen LogP contribution >= 0.6 is 15.9 Å². The van der Waals surface area contributed by atoms with Crippen LogP contribution < -0.4 is 10.1 Å². The highest BCUT2D eigenvalue weighted by molar-refractivity contribution is 9.10. The molecule has 0 spiro atoms. The van der Waals surface area contributed by atoms with Gasteiger partial charge in [0.2, 0.25) is 0 Å². The van der Waals surface area contributed by atoms with Crippen molar-refractivity contribution < 1.29 is 23.5 Å². The van der Waals surface area contributed by atoms with Gasteiger partial charge in [0.05, 0.1) is 0 Å². The quantitative estimate of drug-likeness (QED) is 0.680. The van der Waals surface area contributed by atoms with Gasteiger partial charge in [-0.3, -0.25) is 4.79 Å². The van der Waals surface area contributed by atoms with Gasteiger partial charge in [-0.2, -0.15) is 0 Å². The van der Waals surface area contributed by atoms with Gasteiger partial charge >= 0.3 is 5.97 Å². The molecule has 0 aliphatic rings. The smallest absolute Gasteiger partial charge is 0.344 e. The van der Waals surface area contributed by atoms with Crippen molar-refractivity contribution in [1.29, 1.82) is 0 Å². The summed E-state index contributed by atoms with van der Waals surface area (Å²) in [5.74, 6) is -0.886. The Morgan fingerprint density at radius 3 is 2.48 bits per heavy atom. The molecule has 0 aromatic heterocycles. The molecule has 0 saturated heterocycles. The van der Waals surface area contributed by atoms with Crippen molar-refractivity contribution in [3.63, 3.8) is 0 Å². The molecular formula is C18H17BrFNO4. The molecule has 0 fully saturated rings. The van der Waals surface area contributed by atoms with E-state index in [1.165, 1.54) is 6.07 Å².